The Morgan fingerprint density at radius 3 is 1.13 bits per heavy atom. The molecule has 0 unspecified atom stereocenters. The van der Waals surface area contributed by atoms with Crippen LogP contribution in [0.5, 0.6) is 17.2 Å². The SMILES string of the molecule is Cc1ccc(S(=O)(=O)OS(c2ccccc2OCc2ccncc2)(c2ccccc2OCc2ccncc2)c2ccccc2OCc2ccncc2)cc1. The molecule has 0 spiro atoms. The molecule has 0 saturated carbocycles. The highest BCUT2D eigenvalue weighted by atomic mass is 32.3. The van der Waals surface area contributed by atoms with Crippen molar-refractivity contribution in [2.24, 2.45) is 0 Å². The number of aromatic nitrogens is 3. The molecular formula is C43H37N3O6S2. The lowest BCUT2D eigenvalue weighted by Gasteiger charge is -2.41. The van der Waals surface area contributed by atoms with Crippen LogP contribution in [-0.2, 0) is 33.6 Å². The van der Waals surface area contributed by atoms with Gasteiger partial charge in [0.15, 0.2) is 0 Å². The molecule has 3 aromatic heterocycles. The second-order valence-electron chi connectivity index (χ2n) is 12.2. The molecule has 0 aliphatic heterocycles. The third-order valence-electron chi connectivity index (χ3n) is 8.41. The standard InChI is InChI=1S/C43H37N3O6S2/c1-33-14-16-37(17-15-33)54(47,48)52-53(41-11-5-2-8-38(41)49-30-34-18-24-44-25-19-34,42-12-6-3-9-39(42)50-31-35-20-26-45-27-21-35)43-13-7-4-10-40(43)51-32-36-22-28-46-29-23-36/h2-29H,30-32H2,1H3. The number of para-hydroxylation sites is 3. The Bertz CT molecular complexity index is 2190. The number of hydrogen-bond donors (Lipinski definition) is 0. The van der Waals surface area contributed by atoms with E-state index in [-0.39, 0.29) is 24.7 Å². The van der Waals surface area contributed by atoms with Crippen molar-refractivity contribution in [2.75, 3.05) is 0 Å². The predicted molar refractivity (Wildman–Crippen MR) is 207 cm³/mol. The summed E-state index contributed by atoms with van der Waals surface area (Å²) in [6, 6.07) is 39.9. The van der Waals surface area contributed by atoms with Crippen LogP contribution in [0.25, 0.3) is 0 Å². The van der Waals surface area contributed by atoms with Crippen molar-refractivity contribution >= 4 is 20.4 Å². The van der Waals surface area contributed by atoms with Gasteiger partial charge in [-0.3, -0.25) is 15.0 Å². The normalized spacial score (nSPS) is 11.8. The first-order valence-electron chi connectivity index (χ1n) is 17.1. The van der Waals surface area contributed by atoms with Gasteiger partial charge in [0.25, 0.3) is 0 Å². The molecule has 7 aromatic rings. The highest BCUT2D eigenvalue weighted by Crippen LogP contribution is 2.75. The summed E-state index contributed by atoms with van der Waals surface area (Å²) in [4.78, 5) is 13.9. The van der Waals surface area contributed by atoms with Crippen LogP contribution in [0.3, 0.4) is 0 Å². The fraction of sp³-hybridized carbons (Fsp3) is 0.0930. The molecule has 4 aromatic carbocycles. The monoisotopic (exact) mass is 755 g/mol. The maximum absolute atomic E-state index is 14.8. The average molecular weight is 756 g/mol. The maximum Gasteiger partial charge on any atom is 0.307 e. The third-order valence-corrected chi connectivity index (χ3v) is 13.7. The number of rotatable bonds is 15. The van der Waals surface area contributed by atoms with E-state index in [1.807, 2.05) is 116 Å². The zero-order valence-electron chi connectivity index (χ0n) is 29.4. The average Bonchev–Trinajstić information content (AvgIpc) is 3.22. The zero-order valence-corrected chi connectivity index (χ0v) is 31.0. The first-order valence-corrected chi connectivity index (χ1v) is 20.1. The van der Waals surface area contributed by atoms with E-state index >= 15 is 0 Å². The summed E-state index contributed by atoms with van der Waals surface area (Å²) < 4.78 is 56.2. The molecule has 9 nitrogen and oxygen atoms in total. The highest BCUT2D eigenvalue weighted by Gasteiger charge is 2.44. The van der Waals surface area contributed by atoms with Gasteiger partial charge in [-0.25, -0.2) is 3.63 Å². The summed E-state index contributed by atoms with van der Waals surface area (Å²) >= 11 is 0. The molecule has 0 atom stereocenters. The maximum atomic E-state index is 14.8. The number of hydrogen-bond acceptors (Lipinski definition) is 9. The summed E-state index contributed by atoms with van der Waals surface area (Å²) in [5, 5.41) is 0. The van der Waals surface area contributed by atoms with E-state index in [1.54, 1.807) is 61.4 Å². The van der Waals surface area contributed by atoms with E-state index in [4.69, 9.17) is 17.8 Å². The van der Waals surface area contributed by atoms with Crippen LogP contribution in [0, 0.1) is 6.92 Å². The summed E-state index contributed by atoms with van der Waals surface area (Å²) in [5.74, 6) is 1.28. The summed E-state index contributed by atoms with van der Waals surface area (Å²) in [6.45, 7) is 2.48. The highest BCUT2D eigenvalue weighted by molar-refractivity contribution is 8.33. The minimum absolute atomic E-state index is 0.00512. The van der Waals surface area contributed by atoms with E-state index in [9.17, 15) is 8.42 Å². The lowest BCUT2D eigenvalue weighted by molar-refractivity contribution is 0.293. The van der Waals surface area contributed by atoms with Crippen LogP contribution in [0.15, 0.2) is 190 Å². The van der Waals surface area contributed by atoms with Crippen molar-refractivity contribution in [1.29, 1.82) is 0 Å². The number of aryl methyl sites for hydroxylation is 1. The third kappa shape index (κ3) is 8.29. The predicted octanol–water partition coefficient (Wildman–Crippen LogP) is 9.52. The van der Waals surface area contributed by atoms with Gasteiger partial charge in [-0.05, 0) is 119 Å². The number of benzene rings is 4. The van der Waals surface area contributed by atoms with Crippen molar-refractivity contribution in [3.8, 4) is 17.2 Å². The molecule has 0 amide bonds. The minimum atomic E-state index is -4.49. The Hall–Kier alpha value is -6.01. The van der Waals surface area contributed by atoms with Crippen LogP contribution in [-0.4, -0.2) is 23.4 Å². The van der Waals surface area contributed by atoms with Gasteiger partial charge < -0.3 is 14.2 Å². The van der Waals surface area contributed by atoms with E-state index in [2.05, 4.69) is 15.0 Å². The molecule has 272 valence electrons. The van der Waals surface area contributed by atoms with Crippen molar-refractivity contribution in [3.63, 3.8) is 0 Å². The zero-order chi connectivity index (χ0) is 37.2. The van der Waals surface area contributed by atoms with E-state index in [0.29, 0.717) is 31.9 Å². The molecule has 11 heteroatoms. The Balaban J connectivity index is 1.48. The van der Waals surface area contributed by atoms with Gasteiger partial charge in [-0.1, -0.05) is 54.1 Å². The Kier molecular flexibility index (Phi) is 11.3. The molecule has 7 rings (SSSR count). The van der Waals surface area contributed by atoms with E-state index in [1.165, 1.54) is 0 Å². The Morgan fingerprint density at radius 1 is 0.444 bits per heavy atom. The number of pyridine rings is 3. The second-order valence-corrected chi connectivity index (χ2v) is 16.5. The Labute approximate surface area is 316 Å². The fourth-order valence-electron chi connectivity index (χ4n) is 5.68. The molecule has 0 radical (unpaired) electrons. The fourth-order valence-corrected chi connectivity index (χ4v) is 11.2. The van der Waals surface area contributed by atoms with Crippen molar-refractivity contribution in [1.82, 2.24) is 15.0 Å². The van der Waals surface area contributed by atoms with Gasteiger partial charge >= 0.3 is 10.1 Å². The molecule has 0 aliphatic carbocycles. The first-order chi connectivity index (χ1) is 26.4. The molecule has 0 fully saturated rings. The van der Waals surface area contributed by atoms with Crippen LogP contribution in [0.1, 0.15) is 22.3 Å². The summed E-state index contributed by atoms with van der Waals surface area (Å²) in [5.41, 5.74) is 3.56. The summed E-state index contributed by atoms with van der Waals surface area (Å²) in [6.07, 6.45) is 10.2. The van der Waals surface area contributed by atoms with Crippen LogP contribution < -0.4 is 14.2 Å². The quantitative estimate of drug-likeness (QED) is 0.101. The van der Waals surface area contributed by atoms with Crippen molar-refractivity contribution < 1.29 is 26.3 Å². The van der Waals surface area contributed by atoms with Gasteiger partial charge in [-0.2, -0.15) is 8.42 Å². The summed E-state index contributed by atoms with van der Waals surface area (Å²) in [7, 11) is -7.84. The molecule has 54 heavy (non-hydrogen) atoms. The molecule has 0 aliphatic rings. The molecular weight excluding hydrogens is 719 g/mol. The van der Waals surface area contributed by atoms with Gasteiger partial charge in [-0.15, -0.1) is 0 Å². The van der Waals surface area contributed by atoms with Gasteiger partial charge in [0, 0.05) is 37.2 Å². The lowest BCUT2D eigenvalue weighted by atomic mass is 10.2. The van der Waals surface area contributed by atoms with Crippen LogP contribution >= 0.6 is 10.3 Å². The largest absolute Gasteiger partial charge is 0.488 e. The number of ether oxygens (including phenoxy) is 3. The first kappa shape index (κ1) is 36.4. The molecule has 3 heterocycles. The van der Waals surface area contributed by atoms with E-state index in [0.717, 1.165) is 22.3 Å². The topological polar surface area (TPSA) is 110 Å². The number of nitrogens with zero attached hydrogens (tertiary/aromatic N) is 3. The van der Waals surface area contributed by atoms with Crippen LogP contribution in [0.2, 0.25) is 0 Å². The second kappa shape index (κ2) is 16.8. The molecule has 0 bridgehead atoms. The van der Waals surface area contributed by atoms with E-state index < -0.39 is 20.4 Å². The van der Waals surface area contributed by atoms with Crippen molar-refractivity contribution in [2.45, 2.75) is 46.3 Å². The smallest absolute Gasteiger partial charge is 0.307 e. The Morgan fingerprint density at radius 2 is 0.778 bits per heavy atom. The minimum Gasteiger partial charge on any atom is -0.488 e. The van der Waals surface area contributed by atoms with Gasteiger partial charge in [0.05, 0.1) is 19.6 Å². The van der Waals surface area contributed by atoms with Gasteiger partial charge in [0.1, 0.15) is 37.1 Å². The van der Waals surface area contributed by atoms with Crippen LogP contribution in [0.4, 0.5) is 0 Å². The van der Waals surface area contributed by atoms with Crippen molar-refractivity contribution in [3.05, 3.63) is 193 Å². The molecule has 0 saturated heterocycles. The lowest BCUT2D eigenvalue weighted by Crippen LogP contribution is -2.17. The molecule has 0 N–H and O–H groups in total. The van der Waals surface area contributed by atoms with Gasteiger partial charge in [0.2, 0.25) is 0 Å².